The highest BCUT2D eigenvalue weighted by Crippen LogP contribution is 2.32. The molecule has 26 heavy (non-hydrogen) atoms. The van der Waals surface area contributed by atoms with Gasteiger partial charge in [0, 0.05) is 12.2 Å². The van der Waals surface area contributed by atoms with Gasteiger partial charge in [0.15, 0.2) is 5.82 Å². The zero-order valence-electron chi connectivity index (χ0n) is 14.2. The van der Waals surface area contributed by atoms with Crippen LogP contribution in [0.4, 0.5) is 11.5 Å². The molecule has 1 aromatic carbocycles. The highest BCUT2D eigenvalue weighted by atomic mass is 32.2. The van der Waals surface area contributed by atoms with Gasteiger partial charge in [0.05, 0.1) is 31.8 Å². The Hall–Kier alpha value is -2.63. The van der Waals surface area contributed by atoms with Crippen molar-refractivity contribution >= 4 is 21.5 Å². The molecule has 142 valence electrons. The number of hydrogen-bond donors (Lipinski definition) is 4. The van der Waals surface area contributed by atoms with Crippen LogP contribution in [0.5, 0.6) is 11.6 Å². The molecule has 0 spiro atoms. The van der Waals surface area contributed by atoms with Gasteiger partial charge in [-0.25, -0.2) is 13.4 Å². The van der Waals surface area contributed by atoms with Crippen LogP contribution in [0.3, 0.4) is 0 Å². The van der Waals surface area contributed by atoms with Crippen LogP contribution in [-0.2, 0) is 10.0 Å². The van der Waals surface area contributed by atoms with Crippen molar-refractivity contribution in [3.05, 3.63) is 30.6 Å². The van der Waals surface area contributed by atoms with Gasteiger partial charge in [0.1, 0.15) is 6.33 Å². The van der Waals surface area contributed by atoms with Gasteiger partial charge in [-0.1, -0.05) is 0 Å². The normalized spacial score (nSPS) is 12.3. The van der Waals surface area contributed by atoms with Crippen LogP contribution in [0.25, 0.3) is 0 Å². The number of aliphatic hydroxyl groups excluding tert-OH is 2. The number of methoxy groups -OCH3 is 2. The van der Waals surface area contributed by atoms with Crippen LogP contribution in [-0.4, -0.2) is 62.1 Å². The molecule has 0 aliphatic carbocycles. The maximum atomic E-state index is 12.5. The highest BCUT2D eigenvalue weighted by molar-refractivity contribution is 7.92. The van der Waals surface area contributed by atoms with Crippen LogP contribution in [0.15, 0.2) is 35.5 Å². The van der Waals surface area contributed by atoms with Crippen molar-refractivity contribution in [2.24, 2.45) is 0 Å². The number of nitrogens with zero attached hydrogens (tertiary/aromatic N) is 2. The molecule has 0 fully saturated rings. The predicted molar refractivity (Wildman–Crippen MR) is 94.0 cm³/mol. The molecule has 2 aromatic rings. The third kappa shape index (κ3) is 4.71. The summed E-state index contributed by atoms with van der Waals surface area (Å²) in [4.78, 5) is 7.72. The summed E-state index contributed by atoms with van der Waals surface area (Å²) in [6.07, 6.45) is 0.249. The van der Waals surface area contributed by atoms with E-state index in [1.54, 1.807) is 0 Å². The molecule has 1 aromatic heterocycles. The lowest BCUT2D eigenvalue weighted by atomic mass is 10.3. The Morgan fingerprint density at radius 1 is 1.15 bits per heavy atom. The molecule has 0 aliphatic rings. The molecule has 0 aliphatic heterocycles. The van der Waals surface area contributed by atoms with E-state index in [0.29, 0.717) is 5.69 Å². The fraction of sp³-hybridized carbons (Fsp3) is 0.333. The fourth-order valence-electron chi connectivity index (χ4n) is 2.00. The summed E-state index contributed by atoms with van der Waals surface area (Å²) in [5, 5.41) is 21.0. The van der Waals surface area contributed by atoms with Gasteiger partial charge in [0.2, 0.25) is 5.75 Å². The van der Waals surface area contributed by atoms with Crippen molar-refractivity contribution in [2.75, 3.05) is 37.4 Å². The first-order chi connectivity index (χ1) is 12.4. The zero-order chi connectivity index (χ0) is 19.2. The van der Waals surface area contributed by atoms with Gasteiger partial charge < -0.3 is 25.0 Å². The molecule has 2 rings (SSSR count). The van der Waals surface area contributed by atoms with Gasteiger partial charge in [-0.2, -0.15) is 4.98 Å². The Balaban J connectivity index is 2.18. The summed E-state index contributed by atoms with van der Waals surface area (Å²) in [5.41, 5.74) is 0.595. The fourth-order valence-corrected chi connectivity index (χ4v) is 3.01. The van der Waals surface area contributed by atoms with E-state index >= 15 is 0 Å². The van der Waals surface area contributed by atoms with Gasteiger partial charge in [-0.3, -0.25) is 4.72 Å². The van der Waals surface area contributed by atoms with E-state index in [0.717, 1.165) is 6.33 Å². The average Bonchev–Trinajstić information content (AvgIpc) is 2.65. The van der Waals surface area contributed by atoms with E-state index in [-0.39, 0.29) is 35.5 Å². The first kappa shape index (κ1) is 19.7. The minimum atomic E-state index is -3.92. The Kier molecular flexibility index (Phi) is 6.55. The second kappa shape index (κ2) is 8.65. The van der Waals surface area contributed by atoms with Crippen molar-refractivity contribution in [1.82, 2.24) is 9.97 Å². The smallest absolute Gasteiger partial charge is 0.263 e. The van der Waals surface area contributed by atoms with Crippen LogP contribution < -0.4 is 19.5 Å². The first-order valence-corrected chi connectivity index (χ1v) is 8.98. The van der Waals surface area contributed by atoms with Gasteiger partial charge in [0.25, 0.3) is 15.9 Å². The lowest BCUT2D eigenvalue weighted by molar-refractivity contribution is 0.105. The number of nitrogens with one attached hydrogen (secondary N) is 2. The monoisotopic (exact) mass is 384 g/mol. The molecule has 1 heterocycles. The van der Waals surface area contributed by atoms with Crippen LogP contribution in [0, 0.1) is 0 Å². The van der Waals surface area contributed by atoms with Crippen LogP contribution in [0.1, 0.15) is 0 Å². The molecule has 0 amide bonds. The van der Waals surface area contributed by atoms with Gasteiger partial charge >= 0.3 is 0 Å². The number of hydrogen-bond acceptors (Lipinski definition) is 9. The first-order valence-electron chi connectivity index (χ1n) is 7.50. The quantitative estimate of drug-likeness (QED) is 0.472. The number of sulfonamides is 1. The molecule has 0 saturated carbocycles. The number of rotatable bonds is 9. The van der Waals surface area contributed by atoms with E-state index in [1.165, 1.54) is 38.5 Å². The molecule has 11 heteroatoms. The largest absolute Gasteiger partial charge is 0.489 e. The predicted octanol–water partition coefficient (Wildman–Crippen LogP) is 0.0597. The minimum absolute atomic E-state index is 0.00499. The van der Waals surface area contributed by atoms with Crippen molar-refractivity contribution < 1.29 is 28.1 Å². The molecule has 4 N–H and O–H groups in total. The highest BCUT2D eigenvalue weighted by Gasteiger charge is 2.20. The summed E-state index contributed by atoms with van der Waals surface area (Å²) in [5.74, 6) is 0.115. The van der Waals surface area contributed by atoms with E-state index in [2.05, 4.69) is 20.0 Å². The van der Waals surface area contributed by atoms with Crippen molar-refractivity contribution in [3.8, 4) is 11.6 Å². The molecule has 1 atom stereocenters. The summed E-state index contributed by atoms with van der Waals surface area (Å²) in [6, 6.07) is 5.86. The minimum Gasteiger partial charge on any atom is -0.489 e. The van der Waals surface area contributed by atoms with Crippen LogP contribution >= 0.6 is 0 Å². The molecular weight excluding hydrogens is 364 g/mol. The summed E-state index contributed by atoms with van der Waals surface area (Å²) >= 11 is 0. The zero-order valence-corrected chi connectivity index (χ0v) is 15.0. The maximum Gasteiger partial charge on any atom is 0.263 e. The number of ether oxygens (including phenoxy) is 2. The number of benzene rings is 1. The summed E-state index contributed by atoms with van der Waals surface area (Å²) in [6.45, 7) is -0.230. The van der Waals surface area contributed by atoms with E-state index in [4.69, 9.17) is 14.6 Å². The molecule has 1 unspecified atom stereocenters. The van der Waals surface area contributed by atoms with E-state index in [1.807, 2.05) is 0 Å². The molecule has 0 saturated heterocycles. The molecular formula is C15H20N4O6S. The maximum absolute atomic E-state index is 12.5. The number of aromatic nitrogens is 2. The molecule has 10 nitrogen and oxygen atoms in total. The standard InChI is InChI=1S/C15H20N4O6S/c1-24-13-14(17-9-18-15(13)25-2)19-26(22,23)12-5-3-10(4-6-12)16-7-11(21)8-20/h3-6,9,11,16,20-21H,7-8H2,1-2H3,(H,17,18,19). The Morgan fingerprint density at radius 2 is 1.85 bits per heavy atom. The number of aliphatic hydroxyl groups is 2. The topological polar surface area (TPSA) is 143 Å². The summed E-state index contributed by atoms with van der Waals surface area (Å²) in [7, 11) is -1.19. The molecule has 0 bridgehead atoms. The molecule has 0 radical (unpaired) electrons. The second-order valence-corrected chi connectivity index (χ2v) is 6.79. The van der Waals surface area contributed by atoms with E-state index in [9.17, 15) is 13.5 Å². The Labute approximate surface area is 150 Å². The van der Waals surface area contributed by atoms with Gasteiger partial charge in [-0.15, -0.1) is 0 Å². The lowest BCUT2D eigenvalue weighted by Gasteiger charge is -2.13. The third-order valence-corrected chi connectivity index (χ3v) is 4.67. The van der Waals surface area contributed by atoms with Gasteiger partial charge in [-0.05, 0) is 24.3 Å². The van der Waals surface area contributed by atoms with Crippen molar-refractivity contribution in [2.45, 2.75) is 11.0 Å². The van der Waals surface area contributed by atoms with Crippen molar-refractivity contribution in [3.63, 3.8) is 0 Å². The number of anilines is 2. The summed E-state index contributed by atoms with van der Waals surface area (Å²) < 4.78 is 37.5. The SMILES string of the molecule is COc1ncnc(NS(=O)(=O)c2ccc(NCC(O)CO)cc2)c1OC. The lowest BCUT2D eigenvalue weighted by Crippen LogP contribution is -2.23. The second-order valence-electron chi connectivity index (χ2n) is 5.11. The van der Waals surface area contributed by atoms with E-state index < -0.39 is 16.1 Å². The Morgan fingerprint density at radius 3 is 2.42 bits per heavy atom. The third-order valence-electron chi connectivity index (χ3n) is 3.32. The Bertz CT molecular complexity index is 829. The van der Waals surface area contributed by atoms with Crippen molar-refractivity contribution in [1.29, 1.82) is 0 Å². The average molecular weight is 384 g/mol. The van der Waals surface area contributed by atoms with Crippen LogP contribution in [0.2, 0.25) is 0 Å².